The van der Waals surface area contributed by atoms with E-state index in [1.807, 2.05) is 31.2 Å². The number of carboxylic acid groups (broad SMARTS) is 1. The second kappa shape index (κ2) is 16.5. The number of aryl methyl sites for hydroxylation is 1. The molecule has 216 valence electrons. The number of carboxylic acids is 1. The highest BCUT2D eigenvalue weighted by Crippen LogP contribution is 2.28. The molecule has 0 aliphatic rings. The van der Waals surface area contributed by atoms with Crippen LogP contribution in [0.4, 0.5) is 4.39 Å². The van der Waals surface area contributed by atoms with Gasteiger partial charge in [0, 0.05) is 18.5 Å². The van der Waals surface area contributed by atoms with Crippen molar-refractivity contribution in [1.82, 2.24) is 15.0 Å². The van der Waals surface area contributed by atoms with Gasteiger partial charge in [0.1, 0.15) is 5.82 Å². The summed E-state index contributed by atoms with van der Waals surface area (Å²) in [5.41, 5.74) is 1.97. The third-order valence-electron chi connectivity index (χ3n) is 7.30. The Balaban J connectivity index is 1.58. The number of nitrogens with zero attached hydrogens (tertiary/aromatic N) is 3. The lowest BCUT2D eigenvalue weighted by molar-refractivity contribution is -0.157. The molecule has 3 aromatic rings. The van der Waals surface area contributed by atoms with E-state index in [4.69, 9.17) is 4.52 Å². The van der Waals surface area contributed by atoms with Gasteiger partial charge in [0.05, 0.1) is 6.04 Å². The van der Waals surface area contributed by atoms with Crippen LogP contribution in [0.2, 0.25) is 0 Å². The summed E-state index contributed by atoms with van der Waals surface area (Å²) in [5.74, 6) is -1.79. The van der Waals surface area contributed by atoms with Gasteiger partial charge in [-0.1, -0.05) is 101 Å². The molecule has 0 fully saturated rings. The van der Waals surface area contributed by atoms with Crippen molar-refractivity contribution < 1.29 is 23.6 Å². The molecule has 0 aliphatic carbocycles. The van der Waals surface area contributed by atoms with E-state index in [9.17, 15) is 19.1 Å². The van der Waals surface area contributed by atoms with Crippen molar-refractivity contribution in [3.05, 3.63) is 71.3 Å². The first-order valence-electron chi connectivity index (χ1n) is 14.6. The lowest BCUT2D eigenvalue weighted by Crippen LogP contribution is -2.40. The number of carbonyl (C=O) groups excluding carboxylic acids is 1. The van der Waals surface area contributed by atoms with Crippen LogP contribution in [0, 0.1) is 5.82 Å². The van der Waals surface area contributed by atoms with Crippen LogP contribution in [0.15, 0.2) is 53.1 Å². The molecule has 0 spiro atoms. The number of aromatic nitrogens is 2. The van der Waals surface area contributed by atoms with E-state index in [-0.39, 0.29) is 18.8 Å². The van der Waals surface area contributed by atoms with Crippen LogP contribution in [0.3, 0.4) is 0 Å². The largest absolute Gasteiger partial charge is 0.474 e. The third kappa shape index (κ3) is 9.28. The van der Waals surface area contributed by atoms with Gasteiger partial charge >= 0.3 is 11.9 Å². The molecule has 1 amide bonds. The van der Waals surface area contributed by atoms with Gasteiger partial charge in [-0.3, -0.25) is 4.79 Å². The fourth-order valence-corrected chi connectivity index (χ4v) is 5.01. The Morgan fingerprint density at radius 1 is 0.900 bits per heavy atom. The lowest BCUT2D eigenvalue weighted by atomic mass is 10.00. The summed E-state index contributed by atoms with van der Waals surface area (Å²) in [6.45, 7) is 4.21. The molecule has 1 N–H and O–H groups in total. The van der Waals surface area contributed by atoms with Gasteiger partial charge in [0.25, 0.3) is 5.89 Å². The van der Waals surface area contributed by atoms with Gasteiger partial charge in [-0.05, 0) is 48.6 Å². The molecule has 1 aromatic heterocycles. The Kier molecular flexibility index (Phi) is 12.8. The van der Waals surface area contributed by atoms with Gasteiger partial charge in [-0.2, -0.15) is 4.98 Å². The molecule has 0 bridgehead atoms. The van der Waals surface area contributed by atoms with E-state index in [0.29, 0.717) is 23.7 Å². The molecule has 3 rings (SSSR count). The van der Waals surface area contributed by atoms with E-state index in [2.05, 4.69) is 17.1 Å². The average Bonchev–Trinajstić information content (AvgIpc) is 3.44. The molecule has 0 saturated carbocycles. The fraction of sp³-hybridized carbons (Fsp3) is 0.500. The molecule has 1 heterocycles. The number of unbranched alkanes of at least 4 members (excludes halogenated alkanes) is 8. The Hall–Kier alpha value is -3.55. The van der Waals surface area contributed by atoms with Gasteiger partial charge in [-0.25, -0.2) is 9.18 Å². The number of hydrogen-bond donors (Lipinski definition) is 1. The first-order valence-corrected chi connectivity index (χ1v) is 14.6. The van der Waals surface area contributed by atoms with Crippen LogP contribution in [0.1, 0.15) is 101 Å². The molecule has 8 heteroatoms. The Morgan fingerprint density at radius 2 is 1.55 bits per heavy atom. The topological polar surface area (TPSA) is 96.5 Å². The lowest BCUT2D eigenvalue weighted by Gasteiger charge is -2.30. The van der Waals surface area contributed by atoms with Crippen LogP contribution >= 0.6 is 0 Å². The monoisotopic (exact) mass is 551 g/mol. The summed E-state index contributed by atoms with van der Waals surface area (Å²) in [7, 11) is 0. The summed E-state index contributed by atoms with van der Waals surface area (Å²) in [4.78, 5) is 30.1. The summed E-state index contributed by atoms with van der Waals surface area (Å²) < 4.78 is 19.6. The van der Waals surface area contributed by atoms with E-state index in [1.54, 1.807) is 18.2 Å². The van der Waals surface area contributed by atoms with E-state index in [0.717, 1.165) is 30.4 Å². The summed E-state index contributed by atoms with van der Waals surface area (Å²) in [6, 6.07) is 13.2. The number of benzene rings is 2. The van der Waals surface area contributed by atoms with Gasteiger partial charge in [0.15, 0.2) is 5.82 Å². The molecule has 1 atom stereocenters. The van der Waals surface area contributed by atoms with Crippen LogP contribution in [0.25, 0.3) is 11.5 Å². The maximum atomic E-state index is 14.1. The van der Waals surface area contributed by atoms with Crippen molar-refractivity contribution in [3.8, 4) is 11.5 Å². The average molecular weight is 552 g/mol. The van der Waals surface area contributed by atoms with Crippen molar-refractivity contribution in [2.45, 2.75) is 96.9 Å². The van der Waals surface area contributed by atoms with Crippen molar-refractivity contribution >= 4 is 11.9 Å². The number of aliphatic carboxylic acids is 1. The van der Waals surface area contributed by atoms with Crippen molar-refractivity contribution in [3.63, 3.8) is 0 Å². The third-order valence-corrected chi connectivity index (χ3v) is 7.30. The minimum Gasteiger partial charge on any atom is -0.474 e. The first-order chi connectivity index (χ1) is 19.4. The second-order valence-electron chi connectivity index (χ2n) is 10.3. The minimum atomic E-state index is -1.53. The predicted molar refractivity (Wildman–Crippen MR) is 153 cm³/mol. The van der Waals surface area contributed by atoms with E-state index in [1.165, 1.54) is 55.9 Å². The number of amides is 1. The fourth-order valence-electron chi connectivity index (χ4n) is 5.01. The molecule has 0 radical (unpaired) electrons. The number of rotatable bonds is 17. The Bertz CT molecular complexity index is 1190. The maximum absolute atomic E-state index is 14.1. The second-order valence-corrected chi connectivity index (χ2v) is 10.3. The smallest absolute Gasteiger partial charge is 0.394 e. The summed E-state index contributed by atoms with van der Waals surface area (Å²) >= 11 is 0. The van der Waals surface area contributed by atoms with Crippen LogP contribution in [-0.2, 0) is 22.4 Å². The zero-order valence-corrected chi connectivity index (χ0v) is 23.8. The minimum absolute atomic E-state index is 0.0815. The molecule has 0 aliphatic heterocycles. The molecule has 0 saturated heterocycles. The van der Waals surface area contributed by atoms with Gasteiger partial charge in [0.2, 0.25) is 0 Å². The SMILES string of the molecule is CCCCCCCCCCCc1noc(-c2ccc(C(CC)N(CCc3ccccc3F)C(=O)C(=O)O)cc2)n1. The molecular formula is C32H42FN3O4. The number of hydrogen-bond acceptors (Lipinski definition) is 5. The van der Waals surface area contributed by atoms with E-state index >= 15 is 0 Å². The standard InChI is InChI=1S/C32H42FN3O4/c1-3-5-6-7-8-9-10-11-12-17-29-34-30(40-35-29)26-20-18-25(19-21-26)28(4-2)36(31(37)32(38)39)23-22-24-15-13-14-16-27(24)33/h13-16,18-21,28H,3-12,17,22-23H2,1-2H3,(H,38,39). The maximum Gasteiger partial charge on any atom is 0.394 e. The number of carbonyl (C=O) groups is 2. The predicted octanol–water partition coefficient (Wildman–Crippen LogP) is 7.56. The number of halogens is 1. The zero-order chi connectivity index (χ0) is 28.7. The Morgan fingerprint density at radius 3 is 2.17 bits per heavy atom. The van der Waals surface area contributed by atoms with Crippen LogP contribution < -0.4 is 0 Å². The van der Waals surface area contributed by atoms with Crippen molar-refractivity contribution in [1.29, 1.82) is 0 Å². The highest BCUT2D eigenvalue weighted by molar-refractivity contribution is 6.31. The molecule has 1 unspecified atom stereocenters. The molecular weight excluding hydrogens is 509 g/mol. The normalized spacial score (nSPS) is 11.9. The van der Waals surface area contributed by atoms with Gasteiger partial charge in [-0.15, -0.1) is 0 Å². The van der Waals surface area contributed by atoms with Crippen LogP contribution in [0.5, 0.6) is 0 Å². The highest BCUT2D eigenvalue weighted by atomic mass is 19.1. The quantitative estimate of drug-likeness (QED) is 0.137. The van der Waals surface area contributed by atoms with Gasteiger partial charge < -0.3 is 14.5 Å². The summed E-state index contributed by atoms with van der Waals surface area (Å²) in [5, 5.41) is 13.6. The Labute approximate surface area is 236 Å². The van der Waals surface area contributed by atoms with E-state index < -0.39 is 17.9 Å². The zero-order valence-electron chi connectivity index (χ0n) is 23.8. The summed E-state index contributed by atoms with van der Waals surface area (Å²) in [6.07, 6.45) is 12.8. The first kappa shape index (κ1) is 31.0. The molecule has 40 heavy (non-hydrogen) atoms. The van der Waals surface area contributed by atoms with Crippen molar-refractivity contribution in [2.75, 3.05) is 6.54 Å². The van der Waals surface area contributed by atoms with Crippen LogP contribution in [-0.4, -0.2) is 38.6 Å². The molecule has 2 aromatic carbocycles. The van der Waals surface area contributed by atoms with Crippen molar-refractivity contribution in [2.24, 2.45) is 0 Å². The highest BCUT2D eigenvalue weighted by Gasteiger charge is 2.28. The molecule has 7 nitrogen and oxygen atoms in total.